The second kappa shape index (κ2) is 3.31. The highest BCUT2D eigenvalue weighted by Gasteiger charge is 2.13. The molecule has 4 heteroatoms. The van der Waals surface area contributed by atoms with E-state index in [2.05, 4.69) is 0 Å². The van der Waals surface area contributed by atoms with Crippen LogP contribution in [0.3, 0.4) is 0 Å². The van der Waals surface area contributed by atoms with Crippen molar-refractivity contribution >= 4 is 6.08 Å². The Labute approximate surface area is 86.1 Å². The van der Waals surface area contributed by atoms with Crippen LogP contribution in [0.5, 0.6) is 11.5 Å². The molecule has 1 aliphatic heterocycles. The second-order valence-corrected chi connectivity index (χ2v) is 3.40. The van der Waals surface area contributed by atoms with Gasteiger partial charge in [-0.05, 0) is 24.6 Å². The minimum absolute atomic E-state index is 0.154. The van der Waals surface area contributed by atoms with Crippen LogP contribution in [0.2, 0.25) is 0 Å². The number of hydrogen-bond acceptors (Lipinski definition) is 4. The number of aromatic hydroxyl groups is 2. The summed E-state index contributed by atoms with van der Waals surface area (Å²) in [5, 5.41) is 18.9. The molecule has 4 nitrogen and oxygen atoms in total. The molecule has 0 atom stereocenters. The lowest BCUT2D eigenvalue weighted by atomic mass is 10.1. The monoisotopic (exact) mass is 206 g/mol. The standard InChI is InChI=1S/C11H10O4/c1-6-2-7-3-10(13)11(14)4-9(12)8(7)5-15-6/h2-4,12H,5H2,1H3,(H,13,14). The Balaban J connectivity index is 2.79. The van der Waals surface area contributed by atoms with Gasteiger partial charge < -0.3 is 14.9 Å². The smallest absolute Gasteiger partial charge is 0.223 e. The van der Waals surface area contributed by atoms with E-state index in [4.69, 9.17) is 4.74 Å². The van der Waals surface area contributed by atoms with Crippen LogP contribution in [0.4, 0.5) is 0 Å². The summed E-state index contributed by atoms with van der Waals surface area (Å²) in [4.78, 5) is 11.2. The van der Waals surface area contributed by atoms with E-state index in [9.17, 15) is 15.0 Å². The highest BCUT2D eigenvalue weighted by Crippen LogP contribution is 2.28. The fourth-order valence-electron chi connectivity index (χ4n) is 1.47. The van der Waals surface area contributed by atoms with Crippen LogP contribution >= 0.6 is 0 Å². The van der Waals surface area contributed by atoms with E-state index in [-0.39, 0.29) is 18.1 Å². The van der Waals surface area contributed by atoms with Crippen molar-refractivity contribution in [1.29, 1.82) is 0 Å². The highest BCUT2D eigenvalue weighted by molar-refractivity contribution is 5.61. The molecule has 2 rings (SSSR count). The molecule has 1 aromatic carbocycles. The van der Waals surface area contributed by atoms with Crippen LogP contribution in [0.25, 0.3) is 6.08 Å². The van der Waals surface area contributed by atoms with Gasteiger partial charge >= 0.3 is 0 Å². The lowest BCUT2D eigenvalue weighted by Crippen LogP contribution is -1.98. The average Bonchev–Trinajstić information content (AvgIpc) is 2.25. The van der Waals surface area contributed by atoms with E-state index < -0.39 is 5.43 Å². The molecule has 1 aliphatic rings. The maximum atomic E-state index is 11.2. The first-order chi connectivity index (χ1) is 7.08. The fourth-order valence-corrected chi connectivity index (χ4v) is 1.47. The SMILES string of the molecule is CC1=Cc2cc(O)c(=O)cc(O)c2CO1. The predicted octanol–water partition coefficient (Wildman–Crippen LogP) is 1.35. The summed E-state index contributed by atoms with van der Waals surface area (Å²) in [5.41, 5.74) is 0.516. The van der Waals surface area contributed by atoms with Gasteiger partial charge in [0.05, 0.1) is 5.76 Å². The summed E-state index contributed by atoms with van der Waals surface area (Å²) in [6.45, 7) is 1.97. The molecule has 0 spiro atoms. The van der Waals surface area contributed by atoms with Crippen LogP contribution in [-0.4, -0.2) is 10.2 Å². The molecule has 0 saturated heterocycles. The van der Waals surface area contributed by atoms with E-state index >= 15 is 0 Å². The number of ether oxygens (including phenoxy) is 1. The first-order valence-corrected chi connectivity index (χ1v) is 4.48. The summed E-state index contributed by atoms with van der Waals surface area (Å²) in [7, 11) is 0. The van der Waals surface area contributed by atoms with Crippen LogP contribution in [0.15, 0.2) is 22.7 Å². The molecule has 1 aromatic rings. The van der Waals surface area contributed by atoms with E-state index in [1.54, 1.807) is 13.0 Å². The zero-order chi connectivity index (χ0) is 11.0. The minimum Gasteiger partial charge on any atom is -0.507 e. The average molecular weight is 206 g/mol. The van der Waals surface area contributed by atoms with Gasteiger partial charge in [-0.15, -0.1) is 0 Å². The summed E-state index contributed by atoms with van der Waals surface area (Å²) in [6, 6.07) is 2.33. The molecular formula is C11H10O4. The van der Waals surface area contributed by atoms with Gasteiger partial charge in [-0.1, -0.05) is 0 Å². The Morgan fingerprint density at radius 3 is 2.73 bits per heavy atom. The molecule has 0 aromatic heterocycles. The number of hydrogen-bond donors (Lipinski definition) is 2. The van der Waals surface area contributed by atoms with Crippen LogP contribution in [-0.2, 0) is 11.3 Å². The van der Waals surface area contributed by atoms with Crippen molar-refractivity contribution < 1.29 is 14.9 Å². The van der Waals surface area contributed by atoms with Gasteiger partial charge in [0.25, 0.3) is 0 Å². The zero-order valence-electron chi connectivity index (χ0n) is 8.15. The molecule has 0 aliphatic carbocycles. The third kappa shape index (κ3) is 1.66. The molecule has 0 amide bonds. The minimum atomic E-state index is -0.604. The van der Waals surface area contributed by atoms with Crippen LogP contribution < -0.4 is 5.43 Å². The lowest BCUT2D eigenvalue weighted by Gasteiger charge is -2.14. The predicted molar refractivity (Wildman–Crippen MR) is 54.5 cm³/mol. The summed E-state index contributed by atoms with van der Waals surface area (Å²) < 4.78 is 5.22. The Morgan fingerprint density at radius 2 is 2.00 bits per heavy atom. The Bertz CT molecular complexity index is 503. The Morgan fingerprint density at radius 1 is 1.27 bits per heavy atom. The molecule has 0 bridgehead atoms. The molecule has 78 valence electrons. The molecule has 2 N–H and O–H groups in total. The van der Waals surface area contributed by atoms with Crippen molar-refractivity contribution in [2.45, 2.75) is 13.5 Å². The first-order valence-electron chi connectivity index (χ1n) is 4.48. The Hall–Kier alpha value is -1.97. The van der Waals surface area contributed by atoms with Gasteiger partial charge in [0.15, 0.2) is 5.75 Å². The van der Waals surface area contributed by atoms with Gasteiger partial charge in [0, 0.05) is 11.6 Å². The lowest BCUT2D eigenvalue weighted by molar-refractivity contribution is 0.196. The third-order valence-corrected chi connectivity index (χ3v) is 2.27. The largest absolute Gasteiger partial charge is 0.507 e. The van der Waals surface area contributed by atoms with Gasteiger partial charge in [-0.3, -0.25) is 4.79 Å². The maximum absolute atomic E-state index is 11.2. The van der Waals surface area contributed by atoms with Crippen molar-refractivity contribution in [2.75, 3.05) is 0 Å². The molecule has 0 saturated carbocycles. The van der Waals surface area contributed by atoms with E-state index in [1.807, 2.05) is 0 Å². The zero-order valence-corrected chi connectivity index (χ0v) is 8.15. The van der Waals surface area contributed by atoms with Gasteiger partial charge in [-0.25, -0.2) is 0 Å². The van der Waals surface area contributed by atoms with Crippen LogP contribution in [0.1, 0.15) is 18.1 Å². The van der Waals surface area contributed by atoms with Gasteiger partial charge in [-0.2, -0.15) is 0 Å². The normalized spacial score (nSPS) is 13.8. The molecular weight excluding hydrogens is 196 g/mol. The van der Waals surface area contributed by atoms with E-state index in [1.165, 1.54) is 6.07 Å². The summed E-state index contributed by atoms with van der Waals surface area (Å²) in [6.07, 6.45) is 1.66. The molecule has 1 heterocycles. The van der Waals surface area contributed by atoms with Crippen molar-refractivity contribution in [2.24, 2.45) is 0 Å². The molecule has 15 heavy (non-hydrogen) atoms. The molecule has 0 unspecified atom stereocenters. The molecule has 0 radical (unpaired) electrons. The summed E-state index contributed by atoms with van der Waals surface area (Å²) >= 11 is 0. The topological polar surface area (TPSA) is 66.8 Å². The number of rotatable bonds is 0. The molecule has 0 fully saturated rings. The first kappa shape index (κ1) is 9.58. The highest BCUT2D eigenvalue weighted by atomic mass is 16.5. The fraction of sp³-hybridized carbons (Fsp3) is 0.182. The second-order valence-electron chi connectivity index (χ2n) is 3.40. The van der Waals surface area contributed by atoms with Crippen molar-refractivity contribution in [3.8, 4) is 11.5 Å². The summed E-state index contributed by atoms with van der Waals surface area (Å²) in [5.74, 6) is 0.150. The third-order valence-electron chi connectivity index (χ3n) is 2.27. The van der Waals surface area contributed by atoms with Crippen molar-refractivity contribution in [3.05, 3.63) is 39.2 Å². The van der Waals surface area contributed by atoms with E-state index in [0.29, 0.717) is 16.9 Å². The van der Waals surface area contributed by atoms with Crippen molar-refractivity contribution in [3.63, 3.8) is 0 Å². The number of allylic oxidation sites excluding steroid dienone is 1. The Kier molecular flexibility index (Phi) is 2.11. The maximum Gasteiger partial charge on any atom is 0.223 e. The van der Waals surface area contributed by atoms with Gasteiger partial charge in [0.2, 0.25) is 5.43 Å². The van der Waals surface area contributed by atoms with Crippen molar-refractivity contribution in [1.82, 2.24) is 0 Å². The quantitative estimate of drug-likeness (QED) is 0.672. The van der Waals surface area contributed by atoms with Crippen LogP contribution in [0, 0.1) is 0 Å². The van der Waals surface area contributed by atoms with E-state index in [0.717, 1.165) is 6.07 Å². The number of fused-ring (bicyclic) bond motifs is 1. The van der Waals surface area contributed by atoms with Gasteiger partial charge in [0.1, 0.15) is 12.4 Å².